The van der Waals surface area contributed by atoms with Crippen molar-refractivity contribution in [3.8, 4) is 0 Å². The Labute approximate surface area is 131 Å². The van der Waals surface area contributed by atoms with E-state index in [2.05, 4.69) is 5.32 Å². The lowest BCUT2D eigenvalue weighted by molar-refractivity contribution is -0.132. The molecule has 1 saturated heterocycles. The number of urea groups is 1. The van der Waals surface area contributed by atoms with Gasteiger partial charge >= 0.3 is 6.03 Å². The van der Waals surface area contributed by atoms with Crippen LogP contribution in [0.5, 0.6) is 0 Å². The van der Waals surface area contributed by atoms with Gasteiger partial charge < -0.3 is 5.32 Å². The smallest absolute Gasteiger partial charge is 0.323 e. The van der Waals surface area contributed by atoms with Gasteiger partial charge in [0.1, 0.15) is 5.54 Å². The van der Waals surface area contributed by atoms with Crippen molar-refractivity contribution in [3.05, 3.63) is 35.4 Å². The van der Waals surface area contributed by atoms with Crippen LogP contribution in [0.3, 0.4) is 0 Å². The molecule has 1 aromatic carbocycles. The summed E-state index contributed by atoms with van der Waals surface area (Å²) >= 11 is 0. The number of rotatable bonds is 2. The van der Waals surface area contributed by atoms with Gasteiger partial charge in [0.05, 0.1) is 6.54 Å². The average Bonchev–Trinajstić information content (AvgIpc) is 2.70. The minimum Gasteiger partial charge on any atom is -0.323 e. The second kappa shape index (κ2) is 6.11. The molecule has 1 aliphatic carbocycles. The highest BCUT2D eigenvalue weighted by Gasteiger charge is 2.50. The lowest BCUT2D eigenvalue weighted by Gasteiger charge is -2.28. The quantitative estimate of drug-likeness (QED) is 0.849. The van der Waals surface area contributed by atoms with E-state index in [1.165, 1.54) is 11.3 Å². The van der Waals surface area contributed by atoms with E-state index >= 15 is 0 Å². The first-order valence-electron chi connectivity index (χ1n) is 8.31. The molecular weight excluding hydrogens is 276 g/mol. The van der Waals surface area contributed by atoms with E-state index in [4.69, 9.17) is 0 Å². The normalized spacial score (nSPS) is 21.6. The van der Waals surface area contributed by atoms with E-state index in [0.29, 0.717) is 6.54 Å². The Kier molecular flexibility index (Phi) is 4.19. The van der Waals surface area contributed by atoms with Crippen molar-refractivity contribution in [3.63, 3.8) is 0 Å². The Morgan fingerprint density at radius 2 is 1.68 bits per heavy atom. The fraction of sp³-hybridized carbons (Fsp3) is 0.556. The molecule has 3 rings (SSSR count). The van der Waals surface area contributed by atoms with E-state index in [-0.39, 0.29) is 11.9 Å². The van der Waals surface area contributed by atoms with Crippen molar-refractivity contribution in [2.45, 2.75) is 64.0 Å². The molecule has 1 aromatic rings. The number of carbonyl (C=O) groups excluding carboxylic acids is 2. The third kappa shape index (κ3) is 2.74. The lowest BCUT2D eigenvalue weighted by Crippen LogP contribution is -2.47. The molecule has 3 amide bonds. The molecule has 0 unspecified atom stereocenters. The van der Waals surface area contributed by atoms with Crippen LogP contribution in [0.1, 0.15) is 56.1 Å². The van der Waals surface area contributed by atoms with Crippen LogP contribution in [-0.4, -0.2) is 22.4 Å². The van der Waals surface area contributed by atoms with Gasteiger partial charge in [-0.3, -0.25) is 9.69 Å². The molecule has 0 aromatic heterocycles. The van der Waals surface area contributed by atoms with Crippen molar-refractivity contribution in [2.75, 3.05) is 0 Å². The molecule has 0 bridgehead atoms. The minimum absolute atomic E-state index is 0.0253. The Balaban J connectivity index is 1.80. The van der Waals surface area contributed by atoms with Crippen LogP contribution in [0.25, 0.3) is 0 Å². The molecule has 1 aliphatic heterocycles. The standard InChI is InChI=1S/C18H24N2O2/c1-14-9-5-6-10-15(14)13-20-16(21)18(19-17(20)22)11-7-3-2-4-8-12-18/h5-6,9-10H,2-4,7-8,11-13H2,1H3,(H,19,22). The average molecular weight is 300 g/mol. The van der Waals surface area contributed by atoms with Gasteiger partial charge in [0, 0.05) is 0 Å². The minimum atomic E-state index is -0.639. The highest BCUT2D eigenvalue weighted by Crippen LogP contribution is 2.32. The molecule has 4 nitrogen and oxygen atoms in total. The van der Waals surface area contributed by atoms with Gasteiger partial charge in [-0.25, -0.2) is 4.79 Å². The highest BCUT2D eigenvalue weighted by molar-refractivity contribution is 6.07. The van der Waals surface area contributed by atoms with Gasteiger partial charge in [-0.2, -0.15) is 0 Å². The maximum atomic E-state index is 12.9. The summed E-state index contributed by atoms with van der Waals surface area (Å²) in [6.45, 7) is 2.39. The van der Waals surface area contributed by atoms with Gasteiger partial charge in [-0.05, 0) is 30.9 Å². The Hall–Kier alpha value is -1.84. The fourth-order valence-electron chi connectivity index (χ4n) is 3.63. The summed E-state index contributed by atoms with van der Waals surface area (Å²) in [5, 5.41) is 3.01. The molecule has 4 heteroatoms. The molecule has 1 saturated carbocycles. The molecular formula is C18H24N2O2. The van der Waals surface area contributed by atoms with E-state index in [1.807, 2.05) is 31.2 Å². The van der Waals surface area contributed by atoms with Crippen LogP contribution in [0.4, 0.5) is 4.79 Å². The summed E-state index contributed by atoms with van der Waals surface area (Å²) in [6.07, 6.45) is 7.15. The van der Waals surface area contributed by atoms with Crippen LogP contribution in [0, 0.1) is 6.92 Å². The third-order valence-corrected chi connectivity index (χ3v) is 5.04. The number of amides is 3. The maximum absolute atomic E-state index is 12.9. The van der Waals surface area contributed by atoms with Crippen molar-refractivity contribution < 1.29 is 9.59 Å². The van der Waals surface area contributed by atoms with Crippen molar-refractivity contribution in [2.24, 2.45) is 0 Å². The van der Waals surface area contributed by atoms with E-state index < -0.39 is 5.54 Å². The van der Waals surface area contributed by atoms with Crippen LogP contribution < -0.4 is 5.32 Å². The van der Waals surface area contributed by atoms with Gasteiger partial charge in [-0.1, -0.05) is 56.4 Å². The molecule has 1 heterocycles. The second-order valence-electron chi connectivity index (χ2n) is 6.60. The van der Waals surface area contributed by atoms with Crippen molar-refractivity contribution >= 4 is 11.9 Å². The predicted octanol–water partition coefficient (Wildman–Crippen LogP) is 3.53. The molecule has 2 fully saturated rings. The van der Waals surface area contributed by atoms with E-state index in [9.17, 15) is 9.59 Å². The number of nitrogens with one attached hydrogen (secondary N) is 1. The number of carbonyl (C=O) groups is 2. The molecule has 22 heavy (non-hydrogen) atoms. The third-order valence-electron chi connectivity index (χ3n) is 5.04. The Morgan fingerprint density at radius 1 is 1.05 bits per heavy atom. The SMILES string of the molecule is Cc1ccccc1CN1C(=O)NC2(CCCCCCC2)C1=O. The lowest BCUT2D eigenvalue weighted by atomic mass is 9.84. The van der Waals surface area contributed by atoms with Gasteiger partial charge in [0.2, 0.25) is 0 Å². The van der Waals surface area contributed by atoms with Crippen LogP contribution in [0.15, 0.2) is 24.3 Å². The van der Waals surface area contributed by atoms with Crippen molar-refractivity contribution in [1.29, 1.82) is 0 Å². The highest BCUT2D eigenvalue weighted by atomic mass is 16.2. The Bertz CT molecular complexity index is 574. The van der Waals surface area contributed by atoms with Crippen LogP contribution in [0.2, 0.25) is 0 Å². The van der Waals surface area contributed by atoms with E-state index in [1.54, 1.807) is 0 Å². The van der Waals surface area contributed by atoms with Gasteiger partial charge in [-0.15, -0.1) is 0 Å². The first-order chi connectivity index (χ1) is 10.6. The number of benzene rings is 1. The van der Waals surface area contributed by atoms with Crippen LogP contribution in [-0.2, 0) is 11.3 Å². The number of imide groups is 1. The summed E-state index contributed by atoms with van der Waals surface area (Å²) < 4.78 is 0. The fourth-order valence-corrected chi connectivity index (χ4v) is 3.63. The molecule has 1 spiro atoms. The second-order valence-corrected chi connectivity index (χ2v) is 6.60. The number of hydrogen-bond donors (Lipinski definition) is 1. The number of nitrogens with zero attached hydrogens (tertiary/aromatic N) is 1. The summed E-state index contributed by atoms with van der Waals surface area (Å²) in [4.78, 5) is 26.7. The summed E-state index contributed by atoms with van der Waals surface area (Å²) in [5.41, 5.74) is 1.51. The number of aryl methyl sites for hydroxylation is 1. The Morgan fingerprint density at radius 3 is 2.36 bits per heavy atom. The topological polar surface area (TPSA) is 49.4 Å². The maximum Gasteiger partial charge on any atom is 0.325 e. The zero-order valence-electron chi connectivity index (χ0n) is 13.2. The first kappa shape index (κ1) is 15.1. The molecule has 0 radical (unpaired) electrons. The van der Waals surface area contributed by atoms with E-state index in [0.717, 1.165) is 49.7 Å². The summed E-state index contributed by atoms with van der Waals surface area (Å²) in [7, 11) is 0. The monoisotopic (exact) mass is 300 g/mol. The van der Waals surface area contributed by atoms with Gasteiger partial charge in [0.15, 0.2) is 0 Å². The zero-order chi connectivity index (χ0) is 15.6. The molecule has 1 N–H and O–H groups in total. The largest absolute Gasteiger partial charge is 0.325 e. The predicted molar refractivity (Wildman–Crippen MR) is 85.3 cm³/mol. The van der Waals surface area contributed by atoms with Crippen LogP contribution >= 0.6 is 0 Å². The summed E-state index contributed by atoms with van der Waals surface area (Å²) in [6, 6.07) is 7.69. The zero-order valence-corrected chi connectivity index (χ0v) is 13.2. The molecule has 118 valence electrons. The van der Waals surface area contributed by atoms with Gasteiger partial charge in [0.25, 0.3) is 5.91 Å². The number of hydrogen-bond acceptors (Lipinski definition) is 2. The van der Waals surface area contributed by atoms with Crippen molar-refractivity contribution in [1.82, 2.24) is 10.2 Å². The first-order valence-corrected chi connectivity index (χ1v) is 8.31. The molecule has 2 aliphatic rings. The summed E-state index contributed by atoms with van der Waals surface area (Å²) in [5.74, 6) is -0.0253. The molecule has 0 atom stereocenters.